The third kappa shape index (κ3) is 3.15. The van der Waals surface area contributed by atoms with Crippen LogP contribution in [-0.4, -0.2) is 24.7 Å². The zero-order valence-electron chi connectivity index (χ0n) is 9.65. The van der Waals surface area contributed by atoms with E-state index in [4.69, 9.17) is 4.74 Å². The van der Waals surface area contributed by atoms with E-state index < -0.39 is 0 Å². The molecule has 2 rings (SSSR count). The number of ether oxygens (including phenoxy) is 1. The summed E-state index contributed by atoms with van der Waals surface area (Å²) >= 11 is 0. The summed E-state index contributed by atoms with van der Waals surface area (Å²) in [6.07, 6.45) is 7.02. The minimum absolute atomic E-state index is 0.330. The van der Waals surface area contributed by atoms with E-state index in [0.717, 1.165) is 26.2 Å². The molecule has 1 aromatic rings. The molecule has 16 heavy (non-hydrogen) atoms. The van der Waals surface area contributed by atoms with Crippen LogP contribution >= 0.6 is 0 Å². The maximum absolute atomic E-state index is 5.40. The highest BCUT2D eigenvalue weighted by molar-refractivity contribution is 5.14. The lowest BCUT2D eigenvalue weighted by atomic mass is 10.1. The summed E-state index contributed by atoms with van der Waals surface area (Å²) in [5.74, 6) is 0. The normalized spacial score (nSPS) is 17.9. The molecule has 0 fully saturated rings. The van der Waals surface area contributed by atoms with Crippen molar-refractivity contribution in [3.05, 3.63) is 41.7 Å². The number of hydrogen-bond donors (Lipinski definition) is 1. The van der Waals surface area contributed by atoms with E-state index in [-0.39, 0.29) is 0 Å². The summed E-state index contributed by atoms with van der Waals surface area (Å²) in [7, 11) is 0. The molecule has 0 saturated carbocycles. The molecule has 3 heteroatoms. The molecular formula is C13H18N2O. The third-order valence-electron chi connectivity index (χ3n) is 2.80. The van der Waals surface area contributed by atoms with Gasteiger partial charge in [0.25, 0.3) is 0 Å². The Labute approximate surface area is 96.5 Å². The van der Waals surface area contributed by atoms with Crippen molar-refractivity contribution < 1.29 is 4.74 Å². The van der Waals surface area contributed by atoms with Gasteiger partial charge in [0.05, 0.1) is 13.2 Å². The molecule has 0 saturated heterocycles. The van der Waals surface area contributed by atoms with Crippen LogP contribution in [0.15, 0.2) is 36.2 Å². The van der Waals surface area contributed by atoms with Crippen LogP contribution in [0.4, 0.5) is 0 Å². The average Bonchev–Trinajstić information content (AvgIpc) is 2.38. The molecule has 1 N–H and O–H groups in total. The third-order valence-corrected chi connectivity index (χ3v) is 2.80. The van der Waals surface area contributed by atoms with Crippen LogP contribution in [0.3, 0.4) is 0 Å². The Bertz CT molecular complexity index is 348. The average molecular weight is 218 g/mol. The van der Waals surface area contributed by atoms with Crippen LogP contribution in [0.5, 0.6) is 0 Å². The van der Waals surface area contributed by atoms with Gasteiger partial charge in [0.2, 0.25) is 0 Å². The van der Waals surface area contributed by atoms with Crippen molar-refractivity contribution in [1.82, 2.24) is 10.3 Å². The van der Waals surface area contributed by atoms with Crippen LogP contribution in [0.25, 0.3) is 0 Å². The second kappa shape index (κ2) is 5.77. The molecule has 0 aliphatic carbocycles. The van der Waals surface area contributed by atoms with E-state index in [1.54, 1.807) is 6.20 Å². The van der Waals surface area contributed by atoms with E-state index in [9.17, 15) is 0 Å². The Morgan fingerprint density at radius 2 is 2.50 bits per heavy atom. The fourth-order valence-corrected chi connectivity index (χ4v) is 1.77. The number of nitrogens with one attached hydrogen (secondary N) is 1. The van der Waals surface area contributed by atoms with Crippen LogP contribution in [0.2, 0.25) is 0 Å². The molecule has 0 spiro atoms. The first-order valence-electron chi connectivity index (χ1n) is 5.75. The van der Waals surface area contributed by atoms with Crippen molar-refractivity contribution in [2.45, 2.75) is 19.4 Å². The van der Waals surface area contributed by atoms with Crippen LogP contribution in [0, 0.1) is 0 Å². The standard InChI is InChI=1S/C13H18N2O/c1-11(13-5-2-6-14-9-13)15-8-12-4-3-7-16-10-12/h2,4-6,9,11,15H,3,7-8,10H2,1H3. The monoisotopic (exact) mass is 218 g/mol. The summed E-state index contributed by atoms with van der Waals surface area (Å²) in [6.45, 7) is 4.69. The molecule has 1 aromatic heterocycles. The first kappa shape index (κ1) is 11.3. The predicted octanol–water partition coefficient (Wildman–Crippen LogP) is 2.08. The second-order valence-electron chi connectivity index (χ2n) is 4.09. The van der Waals surface area contributed by atoms with Gasteiger partial charge in [-0.2, -0.15) is 0 Å². The quantitative estimate of drug-likeness (QED) is 0.786. The second-order valence-corrected chi connectivity index (χ2v) is 4.09. The number of pyridine rings is 1. The fraction of sp³-hybridized carbons (Fsp3) is 0.462. The lowest BCUT2D eigenvalue weighted by Gasteiger charge is -2.18. The van der Waals surface area contributed by atoms with Gasteiger partial charge in [0.1, 0.15) is 0 Å². The molecule has 3 nitrogen and oxygen atoms in total. The van der Waals surface area contributed by atoms with Crippen LogP contribution in [-0.2, 0) is 4.74 Å². The van der Waals surface area contributed by atoms with E-state index in [0.29, 0.717) is 6.04 Å². The van der Waals surface area contributed by atoms with Crippen molar-refractivity contribution in [3.8, 4) is 0 Å². The van der Waals surface area contributed by atoms with Gasteiger partial charge in [-0.15, -0.1) is 0 Å². The van der Waals surface area contributed by atoms with Crippen LogP contribution < -0.4 is 5.32 Å². The molecule has 2 heterocycles. The zero-order chi connectivity index (χ0) is 11.2. The fourth-order valence-electron chi connectivity index (χ4n) is 1.77. The van der Waals surface area contributed by atoms with Crippen molar-refractivity contribution in [1.29, 1.82) is 0 Å². The number of nitrogens with zero attached hydrogens (tertiary/aromatic N) is 1. The molecule has 0 amide bonds. The van der Waals surface area contributed by atoms with Gasteiger partial charge in [0, 0.05) is 25.0 Å². The molecular weight excluding hydrogens is 200 g/mol. The van der Waals surface area contributed by atoms with Crippen molar-refractivity contribution in [3.63, 3.8) is 0 Å². The lowest BCUT2D eigenvalue weighted by Crippen LogP contribution is -2.24. The summed E-state index contributed by atoms with van der Waals surface area (Å²) in [5, 5.41) is 3.48. The summed E-state index contributed by atoms with van der Waals surface area (Å²) in [5.41, 5.74) is 2.57. The van der Waals surface area contributed by atoms with Gasteiger partial charge in [-0.1, -0.05) is 12.1 Å². The Kier molecular flexibility index (Phi) is 4.08. The number of rotatable bonds is 4. The molecule has 86 valence electrons. The smallest absolute Gasteiger partial charge is 0.0689 e. The molecule has 1 aliphatic rings. The van der Waals surface area contributed by atoms with Gasteiger partial charge in [-0.05, 0) is 30.5 Å². The highest BCUT2D eigenvalue weighted by atomic mass is 16.5. The molecule has 0 radical (unpaired) electrons. The Hall–Kier alpha value is -1.19. The first-order valence-corrected chi connectivity index (χ1v) is 5.75. The molecule has 1 aliphatic heterocycles. The van der Waals surface area contributed by atoms with E-state index in [1.807, 2.05) is 12.3 Å². The van der Waals surface area contributed by atoms with Crippen LogP contribution in [0.1, 0.15) is 24.9 Å². The summed E-state index contributed by atoms with van der Waals surface area (Å²) < 4.78 is 5.40. The molecule has 1 unspecified atom stereocenters. The SMILES string of the molecule is CC(NCC1=CCCOC1)c1cccnc1. The maximum Gasteiger partial charge on any atom is 0.0689 e. The highest BCUT2D eigenvalue weighted by Gasteiger charge is 2.07. The molecule has 0 bridgehead atoms. The summed E-state index contributed by atoms with van der Waals surface area (Å²) in [4.78, 5) is 4.12. The van der Waals surface area contributed by atoms with Crippen molar-refractivity contribution in [2.75, 3.05) is 19.8 Å². The van der Waals surface area contributed by atoms with Gasteiger partial charge < -0.3 is 10.1 Å². The largest absolute Gasteiger partial charge is 0.377 e. The minimum Gasteiger partial charge on any atom is -0.377 e. The highest BCUT2D eigenvalue weighted by Crippen LogP contribution is 2.11. The number of hydrogen-bond acceptors (Lipinski definition) is 3. The topological polar surface area (TPSA) is 34.1 Å². The minimum atomic E-state index is 0.330. The maximum atomic E-state index is 5.40. The van der Waals surface area contributed by atoms with Gasteiger partial charge >= 0.3 is 0 Å². The lowest BCUT2D eigenvalue weighted by molar-refractivity contribution is 0.148. The van der Waals surface area contributed by atoms with Gasteiger partial charge in [-0.25, -0.2) is 0 Å². The Balaban J connectivity index is 1.84. The zero-order valence-corrected chi connectivity index (χ0v) is 9.65. The molecule has 1 atom stereocenters. The van der Waals surface area contributed by atoms with Gasteiger partial charge in [0.15, 0.2) is 0 Å². The molecule has 0 aromatic carbocycles. The van der Waals surface area contributed by atoms with Gasteiger partial charge in [-0.3, -0.25) is 4.98 Å². The summed E-state index contributed by atoms with van der Waals surface area (Å²) in [6, 6.07) is 4.39. The van der Waals surface area contributed by atoms with E-state index in [2.05, 4.69) is 29.4 Å². The predicted molar refractivity (Wildman–Crippen MR) is 64.2 cm³/mol. The van der Waals surface area contributed by atoms with Crippen molar-refractivity contribution in [2.24, 2.45) is 0 Å². The first-order chi connectivity index (χ1) is 7.86. The number of aromatic nitrogens is 1. The van der Waals surface area contributed by atoms with Crippen molar-refractivity contribution >= 4 is 0 Å². The Morgan fingerprint density at radius 1 is 1.56 bits per heavy atom. The van der Waals surface area contributed by atoms with E-state index in [1.165, 1.54) is 11.1 Å². The Morgan fingerprint density at radius 3 is 3.19 bits per heavy atom. The van der Waals surface area contributed by atoms with E-state index >= 15 is 0 Å².